The summed E-state index contributed by atoms with van der Waals surface area (Å²) in [5.41, 5.74) is 10.3. The van der Waals surface area contributed by atoms with Crippen LogP contribution in [0.25, 0.3) is 0 Å². The monoisotopic (exact) mass is 142 g/mol. The van der Waals surface area contributed by atoms with Crippen LogP contribution in [-0.2, 0) is 4.79 Å². The van der Waals surface area contributed by atoms with Gasteiger partial charge in [-0.25, -0.2) is 0 Å². The molecule has 0 saturated heterocycles. The maximum atomic E-state index is 10.4. The van der Waals surface area contributed by atoms with Crippen molar-refractivity contribution in [3.8, 4) is 0 Å². The smallest absolute Gasteiger partial charge is 0.234 e. The van der Waals surface area contributed by atoms with Gasteiger partial charge in [0.25, 0.3) is 0 Å². The number of hydrogen-bond donors (Lipinski definition) is 2. The molecule has 0 radical (unpaired) electrons. The van der Waals surface area contributed by atoms with E-state index in [0.29, 0.717) is 6.42 Å². The van der Waals surface area contributed by atoms with E-state index >= 15 is 0 Å². The number of unbranched alkanes of at least 4 members (excludes halogenated alkanes) is 1. The number of primary amides is 1. The van der Waals surface area contributed by atoms with Crippen molar-refractivity contribution in [3.05, 3.63) is 12.7 Å². The van der Waals surface area contributed by atoms with E-state index in [1.807, 2.05) is 0 Å². The number of carbonyl (C=O) groups excluding carboxylic acids is 1. The van der Waals surface area contributed by atoms with Crippen LogP contribution in [0, 0.1) is 0 Å². The van der Waals surface area contributed by atoms with Crippen molar-refractivity contribution >= 4 is 5.91 Å². The number of rotatable bonds is 5. The van der Waals surface area contributed by atoms with Gasteiger partial charge in [0.05, 0.1) is 6.04 Å². The Morgan fingerprint density at radius 2 is 2.30 bits per heavy atom. The van der Waals surface area contributed by atoms with Gasteiger partial charge in [-0.15, -0.1) is 6.58 Å². The highest BCUT2D eigenvalue weighted by Crippen LogP contribution is 1.98. The molecule has 0 aliphatic carbocycles. The summed E-state index contributed by atoms with van der Waals surface area (Å²) < 4.78 is 0. The van der Waals surface area contributed by atoms with E-state index in [1.165, 1.54) is 0 Å². The van der Waals surface area contributed by atoms with E-state index in [9.17, 15) is 4.79 Å². The normalized spacial score (nSPS) is 12.5. The zero-order valence-corrected chi connectivity index (χ0v) is 6.05. The Hall–Kier alpha value is -0.830. The van der Waals surface area contributed by atoms with Gasteiger partial charge in [-0.3, -0.25) is 4.79 Å². The minimum Gasteiger partial charge on any atom is -0.368 e. The predicted octanol–water partition coefficient (Wildman–Crippen LogP) is 0.155. The molecule has 1 unspecified atom stereocenters. The largest absolute Gasteiger partial charge is 0.368 e. The lowest BCUT2D eigenvalue weighted by Gasteiger charge is -2.04. The van der Waals surface area contributed by atoms with Gasteiger partial charge >= 0.3 is 0 Å². The maximum absolute atomic E-state index is 10.4. The number of allylic oxidation sites excluding steroid dienone is 1. The minimum absolute atomic E-state index is 0.427. The van der Waals surface area contributed by atoms with Gasteiger partial charge < -0.3 is 11.5 Å². The van der Waals surface area contributed by atoms with Crippen molar-refractivity contribution in [3.63, 3.8) is 0 Å². The van der Waals surface area contributed by atoms with Gasteiger partial charge in [-0.2, -0.15) is 0 Å². The second kappa shape index (κ2) is 4.99. The summed E-state index contributed by atoms with van der Waals surface area (Å²) in [5.74, 6) is -0.427. The second-order valence-corrected chi connectivity index (χ2v) is 2.23. The molecule has 1 atom stereocenters. The molecule has 0 aromatic heterocycles. The third-order valence-electron chi connectivity index (χ3n) is 1.29. The van der Waals surface area contributed by atoms with E-state index < -0.39 is 11.9 Å². The first-order valence-corrected chi connectivity index (χ1v) is 3.34. The SMILES string of the molecule is C=CCCCC(N)C(N)=O. The van der Waals surface area contributed by atoms with Crippen LogP contribution in [-0.4, -0.2) is 11.9 Å². The Bertz CT molecular complexity index is 123. The highest BCUT2D eigenvalue weighted by Gasteiger charge is 2.06. The van der Waals surface area contributed by atoms with Crippen molar-refractivity contribution in [2.24, 2.45) is 11.5 Å². The molecule has 0 rings (SSSR count). The van der Waals surface area contributed by atoms with Gasteiger partial charge in [-0.1, -0.05) is 6.08 Å². The Morgan fingerprint density at radius 1 is 1.70 bits per heavy atom. The zero-order valence-electron chi connectivity index (χ0n) is 6.05. The summed E-state index contributed by atoms with van der Waals surface area (Å²) in [6.45, 7) is 3.55. The van der Waals surface area contributed by atoms with E-state index in [1.54, 1.807) is 6.08 Å². The Labute approximate surface area is 61.1 Å². The van der Waals surface area contributed by atoms with Gasteiger partial charge in [-0.05, 0) is 19.3 Å². The molecule has 0 aromatic carbocycles. The predicted molar refractivity (Wildman–Crippen MR) is 41.2 cm³/mol. The number of nitrogens with two attached hydrogens (primary N) is 2. The van der Waals surface area contributed by atoms with Crippen LogP contribution in [0.5, 0.6) is 0 Å². The van der Waals surface area contributed by atoms with E-state index in [0.717, 1.165) is 12.8 Å². The number of carbonyl (C=O) groups is 1. The van der Waals surface area contributed by atoms with Gasteiger partial charge in [0.15, 0.2) is 0 Å². The molecule has 10 heavy (non-hydrogen) atoms. The molecule has 0 saturated carbocycles. The fraction of sp³-hybridized carbons (Fsp3) is 0.571. The molecule has 0 aliphatic rings. The minimum atomic E-state index is -0.486. The molecule has 3 heteroatoms. The van der Waals surface area contributed by atoms with Crippen LogP contribution in [0.2, 0.25) is 0 Å². The van der Waals surface area contributed by atoms with Crippen molar-refractivity contribution < 1.29 is 4.79 Å². The van der Waals surface area contributed by atoms with Crippen molar-refractivity contribution in [2.45, 2.75) is 25.3 Å². The first-order valence-electron chi connectivity index (χ1n) is 3.34. The lowest BCUT2D eigenvalue weighted by Crippen LogP contribution is -2.36. The van der Waals surface area contributed by atoms with Gasteiger partial charge in [0.1, 0.15) is 0 Å². The molecule has 4 N–H and O–H groups in total. The highest BCUT2D eigenvalue weighted by molar-refractivity contribution is 5.79. The first-order chi connectivity index (χ1) is 4.68. The molecular weight excluding hydrogens is 128 g/mol. The Kier molecular flexibility index (Phi) is 4.58. The summed E-state index contributed by atoms with van der Waals surface area (Å²) in [5, 5.41) is 0. The fourth-order valence-electron chi connectivity index (χ4n) is 0.624. The van der Waals surface area contributed by atoms with Gasteiger partial charge in [0.2, 0.25) is 5.91 Å². The van der Waals surface area contributed by atoms with Crippen molar-refractivity contribution in [2.75, 3.05) is 0 Å². The standard InChI is InChI=1S/C7H14N2O/c1-2-3-4-5-6(8)7(9)10/h2,6H,1,3-5,8H2,(H2,9,10). The molecule has 1 amide bonds. The zero-order chi connectivity index (χ0) is 7.98. The second-order valence-electron chi connectivity index (χ2n) is 2.23. The van der Waals surface area contributed by atoms with Crippen LogP contribution < -0.4 is 11.5 Å². The van der Waals surface area contributed by atoms with E-state index in [2.05, 4.69) is 6.58 Å². The van der Waals surface area contributed by atoms with E-state index in [-0.39, 0.29) is 0 Å². The van der Waals surface area contributed by atoms with Crippen molar-refractivity contribution in [1.29, 1.82) is 0 Å². The topological polar surface area (TPSA) is 69.1 Å². The third kappa shape index (κ3) is 4.09. The Balaban J connectivity index is 3.30. The summed E-state index contributed by atoms with van der Waals surface area (Å²) >= 11 is 0. The van der Waals surface area contributed by atoms with Crippen LogP contribution in [0.1, 0.15) is 19.3 Å². The van der Waals surface area contributed by atoms with Crippen LogP contribution in [0.4, 0.5) is 0 Å². The summed E-state index contributed by atoms with van der Waals surface area (Å²) in [6.07, 6.45) is 4.23. The molecule has 58 valence electrons. The summed E-state index contributed by atoms with van der Waals surface area (Å²) in [4.78, 5) is 10.4. The summed E-state index contributed by atoms with van der Waals surface area (Å²) in [6, 6.07) is -0.486. The average Bonchev–Trinajstić information content (AvgIpc) is 1.88. The molecule has 0 bridgehead atoms. The molecule has 0 spiro atoms. The lowest BCUT2D eigenvalue weighted by atomic mass is 10.1. The van der Waals surface area contributed by atoms with E-state index in [4.69, 9.17) is 11.5 Å². The highest BCUT2D eigenvalue weighted by atomic mass is 16.1. The lowest BCUT2D eigenvalue weighted by molar-refractivity contribution is -0.119. The quantitative estimate of drug-likeness (QED) is 0.424. The molecule has 0 heterocycles. The Morgan fingerprint density at radius 3 is 2.70 bits per heavy atom. The van der Waals surface area contributed by atoms with Gasteiger partial charge in [0, 0.05) is 0 Å². The fourth-order valence-corrected chi connectivity index (χ4v) is 0.624. The molecule has 0 aliphatic heterocycles. The molecular formula is C7H14N2O. The molecule has 0 fully saturated rings. The summed E-state index contributed by atoms with van der Waals surface area (Å²) in [7, 11) is 0. The van der Waals surface area contributed by atoms with Crippen molar-refractivity contribution in [1.82, 2.24) is 0 Å². The van der Waals surface area contributed by atoms with Crippen LogP contribution >= 0.6 is 0 Å². The average molecular weight is 142 g/mol. The van der Waals surface area contributed by atoms with Crippen LogP contribution in [0.3, 0.4) is 0 Å². The first kappa shape index (κ1) is 9.17. The van der Waals surface area contributed by atoms with Crippen LogP contribution in [0.15, 0.2) is 12.7 Å². The maximum Gasteiger partial charge on any atom is 0.234 e. The number of amides is 1. The number of hydrogen-bond acceptors (Lipinski definition) is 2. The molecule has 3 nitrogen and oxygen atoms in total. The third-order valence-corrected chi connectivity index (χ3v) is 1.29. The molecule has 0 aromatic rings.